The third kappa shape index (κ3) is 4.97. The number of hydrogen-bond donors (Lipinski definition) is 0. The average molecular weight is 655 g/mol. The number of allylic oxidation sites excluding steroid dienone is 2. The summed E-state index contributed by atoms with van der Waals surface area (Å²) in [7, 11) is 0. The first kappa shape index (κ1) is 29.3. The van der Waals surface area contributed by atoms with Gasteiger partial charge in [0.25, 0.3) is 0 Å². The van der Waals surface area contributed by atoms with Gasteiger partial charge in [-0.25, -0.2) is 0 Å². The highest BCUT2D eigenvalue weighted by molar-refractivity contribution is 6.12. The van der Waals surface area contributed by atoms with Crippen molar-refractivity contribution in [3.05, 3.63) is 200 Å². The van der Waals surface area contributed by atoms with Crippen molar-refractivity contribution in [3.8, 4) is 22.3 Å². The van der Waals surface area contributed by atoms with Crippen LogP contribution in [0.1, 0.15) is 11.5 Å². The Balaban J connectivity index is 0.989. The molecule has 7 aromatic carbocycles. The second kappa shape index (κ2) is 12.1. The van der Waals surface area contributed by atoms with Gasteiger partial charge in [0.15, 0.2) is 0 Å². The van der Waals surface area contributed by atoms with Gasteiger partial charge < -0.3 is 14.2 Å². The first-order valence-electron chi connectivity index (χ1n) is 17.6. The summed E-state index contributed by atoms with van der Waals surface area (Å²) in [6.07, 6.45) is 9.02. The van der Waals surface area contributed by atoms with Gasteiger partial charge in [-0.1, -0.05) is 127 Å². The van der Waals surface area contributed by atoms with E-state index in [1.54, 1.807) is 0 Å². The summed E-state index contributed by atoms with van der Waals surface area (Å²) in [5, 5.41) is 2.29. The topological polar surface area (TPSA) is 19.6 Å². The van der Waals surface area contributed by atoms with Crippen LogP contribution >= 0.6 is 0 Å². The summed E-state index contributed by atoms with van der Waals surface area (Å²) in [5.74, 6) is 0.367. The zero-order chi connectivity index (χ0) is 33.7. The van der Waals surface area contributed by atoms with E-state index in [9.17, 15) is 0 Å². The highest BCUT2D eigenvalue weighted by Crippen LogP contribution is 2.48. The molecule has 0 bridgehead atoms. The molecule has 0 N–H and O–H groups in total. The van der Waals surface area contributed by atoms with Crippen molar-refractivity contribution >= 4 is 50.4 Å². The number of hydrogen-bond acceptors (Lipinski definition) is 3. The molecule has 0 fully saturated rings. The molecule has 1 aliphatic heterocycles. The van der Waals surface area contributed by atoms with Crippen LogP contribution in [0.2, 0.25) is 0 Å². The standard InChI is InChI=1S/C48H34N2O/c1-2-13-36(14-3-1)49(38-30-26-34(27-31-38)40-19-11-23-47-48(40)43-18-6-9-22-46(43)51-47)37-28-24-33(25-29-37)35-12-10-15-39(32-35)50-44-20-7-4-16-41(44)42-17-5-8-21-45(42)50/h1-32,41,44H. The van der Waals surface area contributed by atoms with Gasteiger partial charge in [0.1, 0.15) is 11.2 Å². The van der Waals surface area contributed by atoms with Crippen LogP contribution in [0.5, 0.6) is 0 Å². The molecule has 0 spiro atoms. The molecule has 0 saturated heterocycles. The molecule has 8 aromatic rings. The maximum atomic E-state index is 6.19. The van der Waals surface area contributed by atoms with E-state index in [1.165, 1.54) is 33.6 Å². The Kier molecular flexibility index (Phi) is 6.95. The van der Waals surface area contributed by atoms with Crippen LogP contribution in [0.25, 0.3) is 44.2 Å². The monoisotopic (exact) mass is 654 g/mol. The smallest absolute Gasteiger partial charge is 0.136 e. The van der Waals surface area contributed by atoms with Crippen molar-refractivity contribution in [3.63, 3.8) is 0 Å². The van der Waals surface area contributed by atoms with Crippen LogP contribution in [-0.4, -0.2) is 6.04 Å². The lowest BCUT2D eigenvalue weighted by Gasteiger charge is -2.29. The Morgan fingerprint density at radius 1 is 0.490 bits per heavy atom. The Morgan fingerprint density at radius 3 is 2.00 bits per heavy atom. The van der Waals surface area contributed by atoms with Gasteiger partial charge in [0.2, 0.25) is 0 Å². The second-order valence-electron chi connectivity index (χ2n) is 13.3. The molecular formula is C48H34N2O. The lowest BCUT2D eigenvalue weighted by Crippen LogP contribution is -2.28. The van der Waals surface area contributed by atoms with Crippen LogP contribution in [-0.2, 0) is 0 Å². The van der Waals surface area contributed by atoms with Crippen LogP contribution in [0.4, 0.5) is 28.4 Å². The van der Waals surface area contributed by atoms with Crippen LogP contribution in [0, 0.1) is 0 Å². The first-order valence-corrected chi connectivity index (χ1v) is 17.6. The molecule has 1 aliphatic carbocycles. The Bertz CT molecular complexity index is 2600. The minimum atomic E-state index is 0.280. The largest absolute Gasteiger partial charge is 0.456 e. The van der Waals surface area contributed by atoms with E-state index in [4.69, 9.17) is 4.42 Å². The molecule has 0 amide bonds. The number of anilines is 5. The summed E-state index contributed by atoms with van der Waals surface area (Å²) < 4.78 is 6.19. The molecule has 51 heavy (non-hydrogen) atoms. The Hall–Kier alpha value is -6.58. The number of nitrogens with zero attached hydrogens (tertiary/aromatic N) is 2. The average Bonchev–Trinajstić information content (AvgIpc) is 3.75. The molecule has 2 unspecified atom stereocenters. The van der Waals surface area contributed by atoms with Crippen molar-refractivity contribution in [1.29, 1.82) is 0 Å². The van der Waals surface area contributed by atoms with Gasteiger partial charge in [-0.05, 0) is 94.5 Å². The number of fused-ring (bicyclic) bond motifs is 6. The molecule has 2 heterocycles. The van der Waals surface area contributed by atoms with Gasteiger partial charge in [0, 0.05) is 45.1 Å². The zero-order valence-electron chi connectivity index (χ0n) is 27.9. The highest BCUT2D eigenvalue weighted by atomic mass is 16.3. The lowest BCUT2D eigenvalue weighted by molar-refractivity contribution is 0.669. The van der Waals surface area contributed by atoms with Crippen molar-refractivity contribution in [2.75, 3.05) is 9.80 Å². The number of para-hydroxylation sites is 3. The number of rotatable bonds is 6. The van der Waals surface area contributed by atoms with Gasteiger partial charge in [0.05, 0.1) is 6.04 Å². The number of benzene rings is 7. The summed E-state index contributed by atoms with van der Waals surface area (Å²) in [4.78, 5) is 4.82. The Labute approximate surface area is 297 Å². The molecule has 3 nitrogen and oxygen atoms in total. The molecular weight excluding hydrogens is 621 g/mol. The minimum Gasteiger partial charge on any atom is -0.456 e. The molecule has 0 saturated carbocycles. The summed E-state index contributed by atoms with van der Waals surface area (Å²) in [6, 6.07) is 61.1. The predicted octanol–water partition coefficient (Wildman–Crippen LogP) is 13.1. The van der Waals surface area contributed by atoms with Gasteiger partial charge >= 0.3 is 0 Å². The van der Waals surface area contributed by atoms with Crippen molar-refractivity contribution in [2.45, 2.75) is 12.0 Å². The maximum absolute atomic E-state index is 6.19. The molecule has 1 aromatic heterocycles. The first-order chi connectivity index (χ1) is 25.3. The SMILES string of the molecule is C1=CC2c3ccccc3N(c3cccc(-c4ccc(N(c5ccccc5)c5ccc(-c6cccc7oc8ccccc8c67)cc5)cc4)c3)C2C=C1. The molecule has 0 radical (unpaired) electrons. The molecule has 2 atom stereocenters. The third-order valence-electron chi connectivity index (χ3n) is 10.4. The van der Waals surface area contributed by atoms with Gasteiger partial charge in [-0.2, -0.15) is 0 Å². The van der Waals surface area contributed by atoms with Crippen LogP contribution in [0.15, 0.2) is 199 Å². The van der Waals surface area contributed by atoms with Crippen molar-refractivity contribution < 1.29 is 4.42 Å². The minimum absolute atomic E-state index is 0.280. The van der Waals surface area contributed by atoms with E-state index in [-0.39, 0.29) is 6.04 Å². The predicted molar refractivity (Wildman–Crippen MR) is 213 cm³/mol. The van der Waals surface area contributed by atoms with Crippen molar-refractivity contribution in [2.24, 2.45) is 0 Å². The lowest BCUT2D eigenvalue weighted by atomic mass is 9.91. The fraction of sp³-hybridized carbons (Fsp3) is 0.0417. The van der Waals surface area contributed by atoms with Gasteiger partial charge in [-0.3, -0.25) is 0 Å². The zero-order valence-corrected chi connectivity index (χ0v) is 27.9. The molecule has 242 valence electrons. The molecule has 3 heteroatoms. The van der Waals surface area contributed by atoms with E-state index in [1.807, 2.05) is 12.1 Å². The van der Waals surface area contributed by atoms with Gasteiger partial charge in [-0.15, -0.1) is 0 Å². The summed E-state index contributed by atoms with van der Waals surface area (Å²) >= 11 is 0. The van der Waals surface area contributed by atoms with E-state index >= 15 is 0 Å². The quantitative estimate of drug-likeness (QED) is 0.178. The fourth-order valence-electron chi connectivity index (χ4n) is 8.06. The van der Waals surface area contributed by atoms with E-state index in [0.717, 1.165) is 44.6 Å². The third-order valence-corrected chi connectivity index (χ3v) is 10.4. The normalized spacial score (nSPS) is 16.0. The van der Waals surface area contributed by atoms with E-state index in [2.05, 4.69) is 192 Å². The van der Waals surface area contributed by atoms with Crippen LogP contribution in [0.3, 0.4) is 0 Å². The van der Waals surface area contributed by atoms with E-state index in [0.29, 0.717) is 5.92 Å². The van der Waals surface area contributed by atoms with Crippen LogP contribution < -0.4 is 9.80 Å². The number of furan rings is 1. The summed E-state index contributed by atoms with van der Waals surface area (Å²) in [5.41, 5.74) is 13.7. The highest BCUT2D eigenvalue weighted by Gasteiger charge is 2.37. The molecule has 10 rings (SSSR count). The summed E-state index contributed by atoms with van der Waals surface area (Å²) in [6.45, 7) is 0. The molecule has 2 aliphatic rings. The fourth-order valence-corrected chi connectivity index (χ4v) is 8.06. The van der Waals surface area contributed by atoms with Crippen molar-refractivity contribution in [1.82, 2.24) is 0 Å². The second-order valence-corrected chi connectivity index (χ2v) is 13.3. The Morgan fingerprint density at radius 2 is 1.16 bits per heavy atom. The maximum Gasteiger partial charge on any atom is 0.136 e. The van der Waals surface area contributed by atoms with E-state index < -0.39 is 0 Å².